The third kappa shape index (κ3) is 2.49. The summed E-state index contributed by atoms with van der Waals surface area (Å²) in [6, 6.07) is 3.07. The average molecular weight is 341 g/mol. The third-order valence-electron chi connectivity index (χ3n) is 4.25. The van der Waals surface area contributed by atoms with Crippen molar-refractivity contribution in [3.05, 3.63) is 22.7 Å². The van der Waals surface area contributed by atoms with Gasteiger partial charge in [-0.1, -0.05) is 11.6 Å². The molecule has 23 heavy (non-hydrogen) atoms. The summed E-state index contributed by atoms with van der Waals surface area (Å²) in [6.45, 7) is 0.550. The van der Waals surface area contributed by atoms with Crippen LogP contribution in [0, 0.1) is 0 Å². The van der Waals surface area contributed by atoms with E-state index in [9.17, 15) is 9.59 Å². The van der Waals surface area contributed by atoms with E-state index in [1.165, 1.54) is 18.1 Å². The molecule has 0 radical (unpaired) electrons. The van der Waals surface area contributed by atoms with Gasteiger partial charge in [-0.3, -0.25) is 9.59 Å². The standard InChI is InChI=1S/C15H17ClN2O5/c1-21-7-15(14(17)20)3-2-4-18(15)13(19)9-5-10(16)12-11(6-9)22-8-23-12/h5-6H,2-4,7-8H2,1H3,(H2,17,20). The zero-order chi connectivity index (χ0) is 16.6. The number of nitrogens with zero attached hydrogens (tertiary/aromatic N) is 1. The zero-order valence-electron chi connectivity index (χ0n) is 12.6. The maximum Gasteiger partial charge on any atom is 0.255 e. The molecule has 0 aromatic heterocycles. The van der Waals surface area contributed by atoms with E-state index < -0.39 is 11.4 Å². The Bertz CT molecular complexity index is 666. The number of fused-ring (bicyclic) bond motifs is 1. The van der Waals surface area contributed by atoms with Crippen LogP contribution >= 0.6 is 11.6 Å². The molecule has 1 fully saturated rings. The van der Waals surface area contributed by atoms with Crippen LogP contribution in [-0.2, 0) is 9.53 Å². The van der Waals surface area contributed by atoms with Gasteiger partial charge in [-0.25, -0.2) is 0 Å². The SMILES string of the molecule is COCC1(C(N)=O)CCCN1C(=O)c1cc(Cl)c2c(c1)OCO2. The number of nitrogens with two attached hydrogens (primary N) is 1. The summed E-state index contributed by atoms with van der Waals surface area (Å²) in [5.74, 6) is -0.0743. The van der Waals surface area contributed by atoms with Crippen molar-refractivity contribution < 1.29 is 23.8 Å². The molecule has 0 aliphatic carbocycles. The Kier molecular flexibility index (Phi) is 4.08. The van der Waals surface area contributed by atoms with Gasteiger partial charge >= 0.3 is 0 Å². The van der Waals surface area contributed by atoms with Gasteiger partial charge in [0, 0.05) is 19.2 Å². The van der Waals surface area contributed by atoms with Gasteiger partial charge in [0.2, 0.25) is 12.7 Å². The molecule has 124 valence electrons. The highest BCUT2D eigenvalue weighted by molar-refractivity contribution is 6.32. The Balaban J connectivity index is 1.96. The fourth-order valence-corrected chi connectivity index (χ4v) is 3.40. The van der Waals surface area contributed by atoms with Crippen molar-refractivity contribution in [2.75, 3.05) is 27.1 Å². The van der Waals surface area contributed by atoms with Crippen molar-refractivity contribution in [3.8, 4) is 11.5 Å². The second-order valence-corrected chi connectivity index (χ2v) is 5.99. The third-order valence-corrected chi connectivity index (χ3v) is 4.53. The van der Waals surface area contributed by atoms with Crippen LogP contribution in [0.5, 0.6) is 11.5 Å². The predicted octanol–water partition coefficient (Wildman–Crippen LogP) is 1.18. The molecule has 0 spiro atoms. The first-order valence-corrected chi connectivity index (χ1v) is 7.57. The predicted molar refractivity (Wildman–Crippen MR) is 81.6 cm³/mol. The lowest BCUT2D eigenvalue weighted by Crippen LogP contribution is -2.58. The first-order valence-electron chi connectivity index (χ1n) is 7.19. The largest absolute Gasteiger partial charge is 0.454 e. The fourth-order valence-electron chi connectivity index (χ4n) is 3.14. The van der Waals surface area contributed by atoms with Gasteiger partial charge in [-0.05, 0) is 25.0 Å². The van der Waals surface area contributed by atoms with Crippen molar-refractivity contribution in [1.29, 1.82) is 0 Å². The zero-order valence-corrected chi connectivity index (χ0v) is 13.4. The number of likely N-dealkylation sites (tertiary alicyclic amines) is 1. The van der Waals surface area contributed by atoms with Crippen LogP contribution in [0.3, 0.4) is 0 Å². The molecule has 2 aliphatic heterocycles. The summed E-state index contributed by atoms with van der Waals surface area (Å²) in [6.07, 6.45) is 1.15. The molecule has 0 saturated carbocycles. The Morgan fingerprint density at radius 2 is 2.22 bits per heavy atom. The van der Waals surface area contributed by atoms with Crippen LogP contribution in [0.4, 0.5) is 0 Å². The number of benzene rings is 1. The van der Waals surface area contributed by atoms with Gasteiger partial charge in [0.1, 0.15) is 5.54 Å². The first-order chi connectivity index (χ1) is 11.0. The number of methoxy groups -OCH3 is 1. The van der Waals surface area contributed by atoms with Crippen LogP contribution < -0.4 is 15.2 Å². The molecule has 8 heteroatoms. The monoisotopic (exact) mass is 340 g/mol. The van der Waals surface area contributed by atoms with Crippen LogP contribution in [-0.4, -0.2) is 49.3 Å². The number of carbonyl (C=O) groups excluding carboxylic acids is 2. The molecule has 1 atom stereocenters. The summed E-state index contributed by atoms with van der Waals surface area (Å²) in [5.41, 5.74) is 4.75. The highest BCUT2D eigenvalue weighted by Crippen LogP contribution is 2.41. The number of hydrogen-bond acceptors (Lipinski definition) is 5. The smallest absolute Gasteiger partial charge is 0.255 e. The number of hydrogen-bond donors (Lipinski definition) is 1. The number of rotatable bonds is 4. The average Bonchev–Trinajstić information content (AvgIpc) is 3.14. The van der Waals surface area contributed by atoms with Crippen molar-refractivity contribution in [2.24, 2.45) is 5.73 Å². The molecule has 2 heterocycles. The topological polar surface area (TPSA) is 91.1 Å². The summed E-state index contributed by atoms with van der Waals surface area (Å²) >= 11 is 6.13. The maximum atomic E-state index is 12.9. The van der Waals surface area contributed by atoms with E-state index in [-0.39, 0.29) is 19.3 Å². The molecule has 2 N–H and O–H groups in total. The van der Waals surface area contributed by atoms with E-state index in [1.54, 1.807) is 6.07 Å². The van der Waals surface area contributed by atoms with E-state index >= 15 is 0 Å². The number of amides is 2. The van der Waals surface area contributed by atoms with Crippen molar-refractivity contribution in [2.45, 2.75) is 18.4 Å². The lowest BCUT2D eigenvalue weighted by molar-refractivity contribution is -0.130. The molecule has 7 nitrogen and oxygen atoms in total. The molecular weight excluding hydrogens is 324 g/mol. The van der Waals surface area contributed by atoms with E-state index in [1.807, 2.05) is 0 Å². The Morgan fingerprint density at radius 1 is 1.43 bits per heavy atom. The maximum absolute atomic E-state index is 12.9. The molecule has 1 unspecified atom stereocenters. The number of primary amides is 1. The highest BCUT2D eigenvalue weighted by Gasteiger charge is 2.49. The fraction of sp³-hybridized carbons (Fsp3) is 0.467. The van der Waals surface area contributed by atoms with Gasteiger partial charge in [0.25, 0.3) is 5.91 Å². The lowest BCUT2D eigenvalue weighted by atomic mass is 9.95. The van der Waals surface area contributed by atoms with Crippen LogP contribution in [0.2, 0.25) is 5.02 Å². The second-order valence-electron chi connectivity index (χ2n) is 5.58. The minimum Gasteiger partial charge on any atom is -0.454 e. The first kappa shape index (κ1) is 15.9. The normalized spacial score (nSPS) is 22.4. The van der Waals surface area contributed by atoms with Crippen LogP contribution in [0.25, 0.3) is 0 Å². The van der Waals surface area contributed by atoms with Crippen LogP contribution in [0.15, 0.2) is 12.1 Å². The second kappa shape index (κ2) is 5.90. The molecule has 1 aromatic rings. The molecule has 2 amide bonds. The van der Waals surface area contributed by atoms with Crippen molar-refractivity contribution >= 4 is 23.4 Å². The van der Waals surface area contributed by atoms with Gasteiger partial charge in [-0.15, -0.1) is 0 Å². The molecular formula is C15H17ClN2O5. The molecule has 2 aliphatic rings. The summed E-state index contributed by atoms with van der Waals surface area (Å²) in [7, 11) is 1.48. The lowest BCUT2D eigenvalue weighted by Gasteiger charge is -2.35. The van der Waals surface area contributed by atoms with Gasteiger partial charge in [0.15, 0.2) is 11.5 Å². The highest BCUT2D eigenvalue weighted by atomic mass is 35.5. The summed E-state index contributed by atoms with van der Waals surface area (Å²) in [5, 5.41) is 0.291. The number of halogens is 1. The van der Waals surface area contributed by atoms with Gasteiger partial charge < -0.3 is 24.8 Å². The van der Waals surface area contributed by atoms with E-state index in [0.717, 1.165) is 0 Å². The minimum absolute atomic E-state index is 0.0608. The van der Waals surface area contributed by atoms with E-state index in [2.05, 4.69) is 0 Å². The number of carbonyl (C=O) groups is 2. The Morgan fingerprint density at radius 3 is 2.91 bits per heavy atom. The summed E-state index contributed by atoms with van der Waals surface area (Å²) in [4.78, 5) is 26.4. The molecule has 1 saturated heterocycles. The molecule has 3 rings (SSSR count). The van der Waals surface area contributed by atoms with E-state index in [0.29, 0.717) is 41.5 Å². The van der Waals surface area contributed by atoms with Crippen molar-refractivity contribution in [3.63, 3.8) is 0 Å². The van der Waals surface area contributed by atoms with Crippen molar-refractivity contribution in [1.82, 2.24) is 4.90 Å². The quantitative estimate of drug-likeness (QED) is 0.888. The van der Waals surface area contributed by atoms with E-state index in [4.69, 9.17) is 31.5 Å². The Labute approximate surface area is 138 Å². The molecule has 1 aromatic carbocycles. The van der Waals surface area contributed by atoms with Gasteiger partial charge in [-0.2, -0.15) is 0 Å². The van der Waals surface area contributed by atoms with Gasteiger partial charge in [0.05, 0.1) is 11.6 Å². The van der Waals surface area contributed by atoms with Crippen LogP contribution in [0.1, 0.15) is 23.2 Å². The summed E-state index contributed by atoms with van der Waals surface area (Å²) < 4.78 is 15.7. The number of ether oxygens (including phenoxy) is 3. The minimum atomic E-state index is -1.13. The molecule has 0 bridgehead atoms. The Hall–Kier alpha value is -1.99.